The molecule has 158 valence electrons. The number of aromatic nitrogens is 2. The van der Waals surface area contributed by atoms with E-state index in [0.29, 0.717) is 27.8 Å². The van der Waals surface area contributed by atoms with Crippen LogP contribution in [-0.2, 0) is 11.3 Å². The third kappa shape index (κ3) is 4.44. The first kappa shape index (κ1) is 21.4. The third-order valence-electron chi connectivity index (χ3n) is 4.65. The fourth-order valence-electron chi connectivity index (χ4n) is 3.22. The van der Waals surface area contributed by atoms with Gasteiger partial charge in [0.05, 0.1) is 26.8 Å². The minimum Gasteiger partial charge on any atom is -0.352 e. The molecule has 2 N–H and O–H groups in total. The number of aromatic amines is 1. The lowest BCUT2D eigenvalue weighted by Gasteiger charge is -2.06. The van der Waals surface area contributed by atoms with Crippen molar-refractivity contribution in [3.63, 3.8) is 0 Å². The molecule has 0 aliphatic carbocycles. The minimum absolute atomic E-state index is 0.151. The van der Waals surface area contributed by atoms with Crippen LogP contribution in [0.1, 0.15) is 28.7 Å². The van der Waals surface area contributed by atoms with Crippen LogP contribution in [0.5, 0.6) is 0 Å². The van der Waals surface area contributed by atoms with Gasteiger partial charge in [-0.3, -0.25) is 9.59 Å². The van der Waals surface area contributed by atoms with Crippen LogP contribution in [0.2, 0.25) is 10.0 Å². The summed E-state index contributed by atoms with van der Waals surface area (Å²) in [5, 5.41) is 3.26. The Labute approximate surface area is 192 Å². The molecule has 31 heavy (non-hydrogen) atoms. The Hall–Kier alpha value is -2.87. The Morgan fingerprint density at radius 1 is 1.13 bits per heavy atom. The summed E-state index contributed by atoms with van der Waals surface area (Å²) in [5.74, 6) is -0.655. The van der Waals surface area contributed by atoms with Gasteiger partial charge in [0.2, 0.25) is 5.91 Å². The second-order valence-corrected chi connectivity index (χ2v) is 8.76. The van der Waals surface area contributed by atoms with E-state index in [1.54, 1.807) is 6.92 Å². The molecule has 2 amide bonds. The van der Waals surface area contributed by atoms with E-state index < -0.39 is 5.91 Å². The van der Waals surface area contributed by atoms with E-state index in [1.807, 2.05) is 53.1 Å². The normalized spacial score (nSPS) is 11.8. The van der Waals surface area contributed by atoms with Crippen molar-refractivity contribution in [1.82, 2.24) is 9.55 Å². The molecular weight excluding hydrogens is 455 g/mol. The first-order chi connectivity index (χ1) is 14.8. The maximum absolute atomic E-state index is 12.9. The van der Waals surface area contributed by atoms with E-state index in [2.05, 4.69) is 15.3 Å². The Balaban J connectivity index is 1.86. The van der Waals surface area contributed by atoms with Gasteiger partial charge in [-0.05, 0) is 30.7 Å². The molecule has 0 spiro atoms. The Kier molecular flexibility index (Phi) is 6.00. The first-order valence-corrected chi connectivity index (χ1v) is 11.0. The van der Waals surface area contributed by atoms with Gasteiger partial charge in [-0.15, -0.1) is 0 Å². The number of nitrogens with zero attached hydrogens (tertiary/aromatic N) is 2. The Bertz CT molecular complexity index is 1370. The molecule has 0 bridgehead atoms. The summed E-state index contributed by atoms with van der Waals surface area (Å²) in [6, 6.07) is 15.5. The van der Waals surface area contributed by atoms with Crippen molar-refractivity contribution in [2.45, 2.75) is 20.4 Å². The van der Waals surface area contributed by atoms with E-state index >= 15 is 0 Å². The van der Waals surface area contributed by atoms with Crippen LogP contribution in [0.25, 0.3) is 10.2 Å². The number of rotatable bonds is 4. The summed E-state index contributed by atoms with van der Waals surface area (Å²) in [6.07, 6.45) is 0. The predicted octanol–water partition coefficient (Wildman–Crippen LogP) is 5.39. The molecule has 9 heteroatoms. The number of nitrogens with one attached hydrogen (secondary N) is 2. The largest absolute Gasteiger partial charge is 0.352 e. The standard InChI is InChI=1S/C22H18Cl2N4O2S/c1-12-18(23)19(24)20(25-12)21(30)27-22-28(11-14-6-4-3-5-7-14)16-9-8-15(26-13(2)29)10-17(16)31-22/h3-10,25H,11H2,1-2H3,(H,26,29). The lowest BCUT2D eigenvalue weighted by atomic mass is 10.2. The van der Waals surface area contributed by atoms with Gasteiger partial charge in [0.1, 0.15) is 5.69 Å². The lowest BCUT2D eigenvalue weighted by molar-refractivity contribution is -0.114. The van der Waals surface area contributed by atoms with Crippen LogP contribution in [0.15, 0.2) is 53.5 Å². The molecule has 0 radical (unpaired) electrons. The van der Waals surface area contributed by atoms with Crippen molar-refractivity contribution in [3.8, 4) is 0 Å². The summed E-state index contributed by atoms with van der Waals surface area (Å²) in [7, 11) is 0. The molecular formula is C22H18Cl2N4O2S. The van der Waals surface area contributed by atoms with Gasteiger partial charge in [-0.2, -0.15) is 4.99 Å². The van der Waals surface area contributed by atoms with Gasteiger partial charge in [0, 0.05) is 18.3 Å². The summed E-state index contributed by atoms with van der Waals surface area (Å²) in [6.45, 7) is 3.73. The summed E-state index contributed by atoms with van der Waals surface area (Å²) < 4.78 is 2.86. The third-order valence-corrected chi connectivity index (χ3v) is 6.64. The zero-order chi connectivity index (χ0) is 22.1. The van der Waals surface area contributed by atoms with Gasteiger partial charge in [0.15, 0.2) is 4.80 Å². The number of benzene rings is 2. The lowest BCUT2D eigenvalue weighted by Crippen LogP contribution is -2.18. The van der Waals surface area contributed by atoms with Crippen LogP contribution in [0, 0.1) is 6.92 Å². The monoisotopic (exact) mass is 472 g/mol. The Morgan fingerprint density at radius 3 is 2.52 bits per heavy atom. The summed E-state index contributed by atoms with van der Waals surface area (Å²) in [4.78, 5) is 32.1. The fraction of sp³-hybridized carbons (Fsp3) is 0.136. The molecule has 0 aliphatic heterocycles. The number of carbonyl (C=O) groups excluding carboxylic acids is 2. The van der Waals surface area contributed by atoms with Crippen LogP contribution in [0.4, 0.5) is 5.69 Å². The average Bonchev–Trinajstić information content (AvgIpc) is 3.19. The molecule has 0 saturated heterocycles. The minimum atomic E-state index is -0.504. The first-order valence-electron chi connectivity index (χ1n) is 9.41. The zero-order valence-electron chi connectivity index (χ0n) is 16.7. The van der Waals surface area contributed by atoms with Crippen LogP contribution < -0.4 is 10.1 Å². The number of aryl methyl sites for hydroxylation is 1. The predicted molar refractivity (Wildman–Crippen MR) is 125 cm³/mol. The SMILES string of the molecule is CC(=O)Nc1ccc2c(c1)sc(=NC(=O)c1[nH]c(C)c(Cl)c1Cl)n2Cc1ccccc1. The smallest absolute Gasteiger partial charge is 0.297 e. The van der Waals surface area contributed by atoms with Crippen molar-refractivity contribution >= 4 is 62.3 Å². The van der Waals surface area contributed by atoms with Gasteiger partial charge in [-0.25, -0.2) is 0 Å². The molecule has 6 nitrogen and oxygen atoms in total. The second-order valence-electron chi connectivity index (χ2n) is 6.99. The number of carbonyl (C=O) groups is 2. The van der Waals surface area contributed by atoms with Gasteiger partial charge < -0.3 is 14.9 Å². The van der Waals surface area contributed by atoms with E-state index in [0.717, 1.165) is 15.8 Å². The molecule has 0 atom stereocenters. The van der Waals surface area contributed by atoms with Crippen molar-refractivity contribution in [3.05, 3.63) is 80.3 Å². The van der Waals surface area contributed by atoms with Crippen molar-refractivity contribution in [2.24, 2.45) is 4.99 Å². The molecule has 4 rings (SSSR count). The molecule has 2 aromatic heterocycles. The number of fused-ring (bicyclic) bond motifs is 1. The van der Waals surface area contributed by atoms with E-state index in [1.165, 1.54) is 18.3 Å². The van der Waals surface area contributed by atoms with Crippen LogP contribution in [0.3, 0.4) is 0 Å². The highest BCUT2D eigenvalue weighted by Gasteiger charge is 2.18. The zero-order valence-corrected chi connectivity index (χ0v) is 19.0. The number of anilines is 1. The van der Waals surface area contributed by atoms with E-state index in [9.17, 15) is 9.59 Å². The maximum atomic E-state index is 12.9. The van der Waals surface area contributed by atoms with Crippen molar-refractivity contribution in [1.29, 1.82) is 0 Å². The molecule has 0 saturated carbocycles. The maximum Gasteiger partial charge on any atom is 0.297 e. The number of hydrogen-bond acceptors (Lipinski definition) is 3. The molecule has 2 aromatic carbocycles. The number of halogens is 2. The van der Waals surface area contributed by atoms with Crippen LogP contribution in [-0.4, -0.2) is 21.4 Å². The molecule has 4 aromatic rings. The van der Waals surface area contributed by atoms with E-state index in [-0.39, 0.29) is 16.6 Å². The average molecular weight is 473 g/mol. The summed E-state index contributed by atoms with van der Waals surface area (Å²) >= 11 is 13.7. The van der Waals surface area contributed by atoms with Gasteiger partial charge in [0.25, 0.3) is 5.91 Å². The number of amides is 2. The van der Waals surface area contributed by atoms with Crippen molar-refractivity contribution < 1.29 is 9.59 Å². The highest BCUT2D eigenvalue weighted by molar-refractivity contribution is 7.16. The Morgan fingerprint density at radius 2 is 1.87 bits per heavy atom. The highest BCUT2D eigenvalue weighted by atomic mass is 35.5. The number of H-pyrrole nitrogens is 1. The second kappa shape index (κ2) is 8.70. The topological polar surface area (TPSA) is 79.2 Å². The quantitative estimate of drug-likeness (QED) is 0.417. The molecule has 0 unspecified atom stereocenters. The van der Waals surface area contributed by atoms with Crippen molar-refractivity contribution in [2.75, 3.05) is 5.32 Å². The van der Waals surface area contributed by atoms with Crippen LogP contribution >= 0.6 is 34.5 Å². The molecule has 0 aliphatic rings. The van der Waals surface area contributed by atoms with Gasteiger partial charge >= 0.3 is 0 Å². The summed E-state index contributed by atoms with van der Waals surface area (Å²) in [5.41, 5.74) is 3.42. The molecule has 2 heterocycles. The fourth-order valence-corrected chi connectivity index (χ4v) is 4.70. The van der Waals surface area contributed by atoms with Gasteiger partial charge in [-0.1, -0.05) is 64.9 Å². The highest BCUT2D eigenvalue weighted by Crippen LogP contribution is 2.29. The number of hydrogen-bond donors (Lipinski definition) is 2. The number of thiazole rings is 1. The van der Waals surface area contributed by atoms with E-state index in [4.69, 9.17) is 23.2 Å². The molecule has 0 fully saturated rings.